The van der Waals surface area contributed by atoms with Crippen LogP contribution >= 0.6 is 0 Å². The smallest absolute Gasteiger partial charge is 0.396 e. The van der Waals surface area contributed by atoms with Gasteiger partial charge in [-0.1, -0.05) is 11.3 Å². The molecular formula is C27H28F3N9O2. The van der Waals surface area contributed by atoms with Gasteiger partial charge in [0, 0.05) is 12.2 Å². The first-order valence-electron chi connectivity index (χ1n) is 12.9. The van der Waals surface area contributed by atoms with Gasteiger partial charge in [-0.05, 0) is 74.6 Å². The van der Waals surface area contributed by atoms with E-state index in [2.05, 4.69) is 31.1 Å². The maximum atomic E-state index is 13.7. The third-order valence-corrected chi connectivity index (χ3v) is 6.59. The quantitative estimate of drug-likeness (QED) is 0.380. The van der Waals surface area contributed by atoms with E-state index in [-0.39, 0.29) is 47.8 Å². The summed E-state index contributed by atoms with van der Waals surface area (Å²) >= 11 is 0. The number of nitrogens with one attached hydrogen (secondary N) is 2. The van der Waals surface area contributed by atoms with Crippen LogP contribution in [0.2, 0.25) is 0 Å². The Hall–Kier alpha value is -4.75. The molecule has 1 saturated carbocycles. The van der Waals surface area contributed by atoms with Crippen molar-refractivity contribution in [2.45, 2.75) is 52.4 Å². The maximum Gasteiger partial charge on any atom is 0.435 e. The zero-order valence-electron chi connectivity index (χ0n) is 22.6. The fourth-order valence-corrected chi connectivity index (χ4v) is 4.54. The molecule has 0 spiro atoms. The van der Waals surface area contributed by atoms with Gasteiger partial charge in [-0.2, -0.15) is 18.3 Å². The largest absolute Gasteiger partial charge is 0.435 e. The van der Waals surface area contributed by atoms with Crippen molar-refractivity contribution < 1.29 is 22.8 Å². The van der Waals surface area contributed by atoms with Gasteiger partial charge in [-0.3, -0.25) is 14.6 Å². The van der Waals surface area contributed by atoms with Gasteiger partial charge >= 0.3 is 6.18 Å². The molecule has 0 atom stereocenters. The first kappa shape index (κ1) is 27.8. The van der Waals surface area contributed by atoms with Crippen molar-refractivity contribution in [3.05, 3.63) is 75.9 Å². The van der Waals surface area contributed by atoms with Gasteiger partial charge in [0.25, 0.3) is 11.8 Å². The SMILES string of the molecule is CC1=C(C(F)(F)F)N=NN(Cc2cc(C(=O)Nc3c(C)cc(C)cc3C(=O)NC3CC3)n(-c3ncccc3N)n2)C1. The Labute approximate surface area is 233 Å². The third-order valence-electron chi connectivity index (χ3n) is 6.59. The number of pyridine rings is 1. The molecule has 4 N–H and O–H groups in total. The Morgan fingerprint density at radius 2 is 1.88 bits per heavy atom. The molecule has 1 fully saturated rings. The van der Waals surface area contributed by atoms with Crippen LogP contribution in [0.5, 0.6) is 0 Å². The van der Waals surface area contributed by atoms with Crippen LogP contribution in [0.1, 0.15) is 57.4 Å². The first-order valence-corrected chi connectivity index (χ1v) is 12.9. The van der Waals surface area contributed by atoms with Gasteiger partial charge < -0.3 is 16.4 Å². The van der Waals surface area contributed by atoms with E-state index in [0.29, 0.717) is 22.5 Å². The highest BCUT2D eigenvalue weighted by molar-refractivity contribution is 6.09. The minimum Gasteiger partial charge on any atom is -0.396 e. The summed E-state index contributed by atoms with van der Waals surface area (Å²) in [5, 5.41) is 18.6. The second-order valence-electron chi connectivity index (χ2n) is 10.2. The molecule has 41 heavy (non-hydrogen) atoms. The predicted molar refractivity (Wildman–Crippen MR) is 144 cm³/mol. The molecule has 14 heteroatoms. The summed E-state index contributed by atoms with van der Waals surface area (Å²) in [5.41, 5.74) is 7.97. The second kappa shape index (κ2) is 10.7. The molecule has 214 valence electrons. The molecule has 3 heterocycles. The summed E-state index contributed by atoms with van der Waals surface area (Å²) in [7, 11) is 0. The zero-order valence-corrected chi connectivity index (χ0v) is 22.6. The highest BCUT2D eigenvalue weighted by Crippen LogP contribution is 2.33. The normalized spacial score (nSPS) is 15.3. The lowest BCUT2D eigenvalue weighted by Gasteiger charge is -2.23. The van der Waals surface area contributed by atoms with Crippen molar-refractivity contribution in [3.63, 3.8) is 0 Å². The van der Waals surface area contributed by atoms with E-state index < -0.39 is 17.8 Å². The van der Waals surface area contributed by atoms with E-state index in [0.717, 1.165) is 18.4 Å². The highest BCUT2D eigenvalue weighted by atomic mass is 19.4. The molecule has 1 aliphatic carbocycles. The monoisotopic (exact) mass is 567 g/mol. The summed E-state index contributed by atoms with van der Waals surface area (Å²) in [6.07, 6.45) is -1.29. The van der Waals surface area contributed by atoms with Gasteiger partial charge in [0.1, 0.15) is 5.69 Å². The topological polar surface area (TPSA) is 143 Å². The molecule has 2 aromatic heterocycles. The van der Waals surface area contributed by atoms with Crippen LogP contribution in [0, 0.1) is 13.8 Å². The molecule has 3 aromatic rings. The van der Waals surface area contributed by atoms with E-state index in [1.807, 2.05) is 13.0 Å². The maximum absolute atomic E-state index is 13.7. The molecular weight excluding hydrogens is 539 g/mol. The van der Waals surface area contributed by atoms with Crippen molar-refractivity contribution in [2.24, 2.45) is 10.3 Å². The molecule has 1 aromatic carbocycles. The van der Waals surface area contributed by atoms with Crippen LogP contribution in [0.3, 0.4) is 0 Å². The Kier molecular flexibility index (Phi) is 7.24. The number of nitrogen functional groups attached to an aromatic ring is 1. The van der Waals surface area contributed by atoms with Crippen molar-refractivity contribution in [1.29, 1.82) is 0 Å². The van der Waals surface area contributed by atoms with Crippen molar-refractivity contribution in [3.8, 4) is 5.82 Å². The van der Waals surface area contributed by atoms with E-state index >= 15 is 0 Å². The molecule has 11 nitrogen and oxygen atoms in total. The number of allylic oxidation sites excluding steroid dienone is 1. The average Bonchev–Trinajstić information content (AvgIpc) is 3.61. The molecule has 0 radical (unpaired) electrons. The summed E-state index contributed by atoms with van der Waals surface area (Å²) in [6.45, 7) is 4.83. The molecule has 1 aliphatic heterocycles. The molecule has 0 unspecified atom stereocenters. The Bertz CT molecular complexity index is 1590. The Balaban J connectivity index is 1.47. The van der Waals surface area contributed by atoms with Crippen LogP contribution in [-0.2, 0) is 6.54 Å². The van der Waals surface area contributed by atoms with Crippen molar-refractivity contribution >= 4 is 23.2 Å². The van der Waals surface area contributed by atoms with Crippen molar-refractivity contribution in [1.82, 2.24) is 25.1 Å². The molecule has 5 rings (SSSR count). The van der Waals surface area contributed by atoms with Crippen LogP contribution in [0.4, 0.5) is 24.5 Å². The van der Waals surface area contributed by atoms with Crippen LogP contribution in [-0.4, -0.2) is 50.4 Å². The van der Waals surface area contributed by atoms with Gasteiger partial charge in [0.05, 0.1) is 35.7 Å². The minimum absolute atomic E-state index is 0.00530. The van der Waals surface area contributed by atoms with Gasteiger partial charge in [0.15, 0.2) is 11.5 Å². The number of nitrogens with two attached hydrogens (primary N) is 1. The fourth-order valence-electron chi connectivity index (χ4n) is 4.54. The highest BCUT2D eigenvalue weighted by Gasteiger charge is 2.38. The third kappa shape index (κ3) is 6.05. The second-order valence-corrected chi connectivity index (χ2v) is 10.2. The summed E-state index contributed by atoms with van der Waals surface area (Å²) in [6, 6.07) is 8.40. The van der Waals surface area contributed by atoms with Gasteiger partial charge in [-0.25, -0.2) is 9.67 Å². The molecule has 2 amide bonds. The number of alkyl halides is 3. The van der Waals surface area contributed by atoms with Crippen molar-refractivity contribution in [2.75, 3.05) is 17.6 Å². The minimum atomic E-state index is -4.61. The lowest BCUT2D eigenvalue weighted by atomic mass is 10.0. The van der Waals surface area contributed by atoms with E-state index in [9.17, 15) is 22.8 Å². The van der Waals surface area contributed by atoms with Gasteiger partial charge in [-0.15, -0.1) is 5.11 Å². The Morgan fingerprint density at radius 3 is 2.54 bits per heavy atom. The zero-order chi connectivity index (χ0) is 29.5. The molecule has 0 bridgehead atoms. The number of aryl methyl sites for hydroxylation is 2. The number of anilines is 2. The number of aromatic nitrogens is 3. The Morgan fingerprint density at radius 1 is 1.12 bits per heavy atom. The van der Waals surface area contributed by atoms with Crippen LogP contribution < -0.4 is 16.4 Å². The number of carbonyl (C=O) groups is 2. The number of hydrogen-bond acceptors (Lipinski definition) is 8. The van der Waals surface area contributed by atoms with Gasteiger partial charge in [0.2, 0.25) is 0 Å². The number of rotatable bonds is 7. The van der Waals surface area contributed by atoms with Crippen LogP contribution in [0.25, 0.3) is 5.82 Å². The van der Waals surface area contributed by atoms with Crippen LogP contribution in [0.15, 0.2) is 58.1 Å². The lowest BCUT2D eigenvalue weighted by Crippen LogP contribution is -2.28. The van der Waals surface area contributed by atoms with E-state index in [1.54, 1.807) is 25.1 Å². The first-order chi connectivity index (χ1) is 19.4. The standard InChI is InChI=1S/C27H28F3N9O2/c1-14-9-15(2)22(19(10-14)25(40)33-17-6-7-17)34-26(41)21-11-18(36-39(21)24-20(31)5-4-8-32-24)13-38-12-16(3)23(35-37-38)27(28,29)30/h4-5,8-11,17H,6-7,12-13,31H2,1-3H3,(H,33,40)(H,34,41). The van der Waals surface area contributed by atoms with E-state index in [4.69, 9.17) is 5.73 Å². The number of halogens is 3. The summed E-state index contributed by atoms with van der Waals surface area (Å²) < 4.78 is 40.7. The summed E-state index contributed by atoms with van der Waals surface area (Å²) in [4.78, 5) is 31.0. The number of nitrogens with zero attached hydrogens (tertiary/aromatic N) is 6. The number of benzene rings is 1. The summed E-state index contributed by atoms with van der Waals surface area (Å²) in [5.74, 6) is -0.682. The number of amides is 2. The number of carbonyl (C=O) groups excluding carboxylic acids is 2. The lowest BCUT2D eigenvalue weighted by molar-refractivity contribution is -0.0957. The molecule has 2 aliphatic rings. The average molecular weight is 568 g/mol. The van der Waals surface area contributed by atoms with E-state index in [1.165, 1.54) is 28.9 Å². The molecule has 0 saturated heterocycles. The fraction of sp³-hybridized carbons (Fsp3) is 0.333. The number of hydrogen-bond donors (Lipinski definition) is 3. The predicted octanol–water partition coefficient (Wildman–Crippen LogP) is 4.63.